The number of rotatable bonds is 8. The van der Waals surface area contributed by atoms with Gasteiger partial charge in [0.15, 0.2) is 0 Å². The molecule has 2 heterocycles. The average molecular weight is 396 g/mol. The van der Waals surface area contributed by atoms with Crippen LogP contribution in [0.4, 0.5) is 0 Å². The van der Waals surface area contributed by atoms with Crippen LogP contribution in [-0.2, 0) is 19.1 Å². The molecule has 160 valence electrons. The monoisotopic (exact) mass is 395 g/mol. The molecule has 0 radical (unpaired) electrons. The molecule has 3 atom stereocenters. The second-order valence-corrected chi connectivity index (χ2v) is 8.04. The van der Waals surface area contributed by atoms with Crippen molar-refractivity contribution in [3.05, 3.63) is 0 Å². The zero-order valence-corrected chi connectivity index (χ0v) is 17.7. The predicted molar refractivity (Wildman–Crippen MR) is 108 cm³/mol. The van der Waals surface area contributed by atoms with Gasteiger partial charge in [-0.15, -0.1) is 0 Å². The summed E-state index contributed by atoms with van der Waals surface area (Å²) in [7, 11) is 1.65. The Kier molecular flexibility index (Phi) is 9.22. The van der Waals surface area contributed by atoms with E-state index in [2.05, 4.69) is 5.32 Å². The summed E-state index contributed by atoms with van der Waals surface area (Å²) in [5, 5.41) is 3.18. The topological polar surface area (TPSA) is 79.0 Å². The van der Waals surface area contributed by atoms with Crippen LogP contribution < -0.4 is 5.32 Å². The highest BCUT2D eigenvalue weighted by Gasteiger charge is 2.34. The Bertz CT molecular complexity index is 540. The number of piperidine rings is 1. The highest BCUT2D eigenvalue weighted by atomic mass is 16.5. The normalized spacial score (nSPS) is 24.6. The van der Waals surface area contributed by atoms with E-state index in [0.29, 0.717) is 39.1 Å². The van der Waals surface area contributed by atoms with Crippen LogP contribution in [0.5, 0.6) is 0 Å². The van der Waals surface area contributed by atoms with Gasteiger partial charge in [-0.1, -0.05) is 6.92 Å². The van der Waals surface area contributed by atoms with E-state index >= 15 is 0 Å². The van der Waals surface area contributed by atoms with E-state index in [1.165, 1.54) is 0 Å². The number of carbonyl (C=O) groups excluding carboxylic acids is 3. The lowest BCUT2D eigenvalue weighted by atomic mass is 9.95. The summed E-state index contributed by atoms with van der Waals surface area (Å²) in [6.45, 7) is 7.04. The molecule has 1 N–H and O–H groups in total. The molecule has 28 heavy (non-hydrogen) atoms. The van der Waals surface area contributed by atoms with Crippen molar-refractivity contribution in [1.29, 1.82) is 0 Å². The lowest BCUT2D eigenvalue weighted by Crippen LogP contribution is -2.50. The molecular weight excluding hydrogens is 358 g/mol. The maximum atomic E-state index is 13.1. The van der Waals surface area contributed by atoms with Crippen LogP contribution >= 0.6 is 0 Å². The Hall–Kier alpha value is -1.63. The summed E-state index contributed by atoms with van der Waals surface area (Å²) >= 11 is 0. The molecule has 2 rings (SSSR count). The molecular formula is C21H37N3O4. The molecule has 0 aromatic carbocycles. The zero-order valence-electron chi connectivity index (χ0n) is 17.7. The SMILES string of the molecule is CCC(CCOC)C(=O)NC1CCCCN(C(=O)C2CCC(=O)N(CC)C2)C1. The van der Waals surface area contributed by atoms with E-state index in [1.54, 1.807) is 12.0 Å². The Morgan fingerprint density at radius 3 is 2.68 bits per heavy atom. The second kappa shape index (κ2) is 11.4. The van der Waals surface area contributed by atoms with Gasteiger partial charge in [-0.05, 0) is 45.4 Å². The van der Waals surface area contributed by atoms with Gasteiger partial charge in [0, 0.05) is 58.3 Å². The minimum Gasteiger partial charge on any atom is -0.385 e. The number of nitrogens with zero attached hydrogens (tertiary/aromatic N) is 2. The third-order valence-electron chi connectivity index (χ3n) is 6.09. The van der Waals surface area contributed by atoms with Crippen molar-refractivity contribution in [3.8, 4) is 0 Å². The Labute approximate surface area is 169 Å². The molecule has 0 bridgehead atoms. The van der Waals surface area contributed by atoms with Gasteiger partial charge in [0.05, 0.1) is 5.92 Å². The van der Waals surface area contributed by atoms with Crippen LogP contribution in [0.1, 0.15) is 58.8 Å². The maximum Gasteiger partial charge on any atom is 0.227 e. The molecule has 2 fully saturated rings. The molecule has 7 heteroatoms. The number of likely N-dealkylation sites (tertiary alicyclic amines) is 2. The third-order valence-corrected chi connectivity index (χ3v) is 6.09. The molecule has 3 unspecified atom stereocenters. The molecule has 2 aliphatic rings. The van der Waals surface area contributed by atoms with Crippen LogP contribution in [0.15, 0.2) is 0 Å². The molecule has 0 spiro atoms. The first-order chi connectivity index (χ1) is 13.5. The summed E-state index contributed by atoms with van der Waals surface area (Å²) in [6, 6.07) is 0.00282. The van der Waals surface area contributed by atoms with Crippen LogP contribution in [0.3, 0.4) is 0 Å². The highest BCUT2D eigenvalue weighted by molar-refractivity contribution is 5.84. The number of nitrogens with one attached hydrogen (secondary N) is 1. The van der Waals surface area contributed by atoms with Gasteiger partial charge in [0.2, 0.25) is 17.7 Å². The molecule has 2 aliphatic heterocycles. The van der Waals surface area contributed by atoms with Gasteiger partial charge < -0.3 is 19.9 Å². The summed E-state index contributed by atoms with van der Waals surface area (Å²) in [4.78, 5) is 41.3. The van der Waals surface area contributed by atoms with E-state index in [9.17, 15) is 14.4 Å². The molecule has 0 aromatic heterocycles. The van der Waals surface area contributed by atoms with E-state index in [4.69, 9.17) is 4.74 Å². The van der Waals surface area contributed by atoms with Crippen molar-refractivity contribution in [1.82, 2.24) is 15.1 Å². The second-order valence-electron chi connectivity index (χ2n) is 8.04. The first-order valence-electron chi connectivity index (χ1n) is 10.9. The average Bonchev–Trinajstić information content (AvgIpc) is 2.94. The van der Waals surface area contributed by atoms with Crippen molar-refractivity contribution in [2.45, 2.75) is 64.8 Å². The van der Waals surface area contributed by atoms with Crippen LogP contribution in [0, 0.1) is 11.8 Å². The first-order valence-corrected chi connectivity index (χ1v) is 10.9. The summed E-state index contributed by atoms with van der Waals surface area (Å²) in [5.41, 5.74) is 0. The Morgan fingerprint density at radius 1 is 1.21 bits per heavy atom. The molecule has 7 nitrogen and oxygen atoms in total. The van der Waals surface area contributed by atoms with E-state index in [0.717, 1.165) is 38.6 Å². The number of ether oxygens (including phenoxy) is 1. The van der Waals surface area contributed by atoms with Crippen LogP contribution in [-0.4, -0.2) is 73.5 Å². The van der Waals surface area contributed by atoms with Gasteiger partial charge in [-0.25, -0.2) is 0 Å². The fraction of sp³-hybridized carbons (Fsp3) is 0.857. The highest BCUT2D eigenvalue weighted by Crippen LogP contribution is 2.22. The summed E-state index contributed by atoms with van der Waals surface area (Å²) in [6.07, 6.45) is 5.47. The molecule has 0 aliphatic carbocycles. The quantitative estimate of drug-likeness (QED) is 0.680. The molecule has 2 saturated heterocycles. The van der Waals surface area contributed by atoms with Crippen molar-refractivity contribution in [2.75, 3.05) is 39.9 Å². The Morgan fingerprint density at radius 2 is 2.00 bits per heavy atom. The lowest BCUT2D eigenvalue weighted by Gasteiger charge is -2.35. The lowest BCUT2D eigenvalue weighted by molar-refractivity contribution is -0.143. The van der Waals surface area contributed by atoms with Crippen molar-refractivity contribution >= 4 is 17.7 Å². The number of hydrogen-bond acceptors (Lipinski definition) is 4. The first kappa shape index (κ1) is 22.7. The number of amides is 3. The van der Waals surface area contributed by atoms with Gasteiger partial charge in [0.25, 0.3) is 0 Å². The minimum atomic E-state index is -0.114. The summed E-state index contributed by atoms with van der Waals surface area (Å²) in [5.74, 6) is 0.194. The van der Waals surface area contributed by atoms with E-state index < -0.39 is 0 Å². The molecule has 0 saturated carbocycles. The van der Waals surface area contributed by atoms with Gasteiger partial charge in [-0.3, -0.25) is 14.4 Å². The van der Waals surface area contributed by atoms with Gasteiger partial charge in [0.1, 0.15) is 0 Å². The predicted octanol–water partition coefficient (Wildman–Crippen LogP) is 1.80. The van der Waals surface area contributed by atoms with E-state index in [-0.39, 0.29) is 35.6 Å². The van der Waals surface area contributed by atoms with Crippen molar-refractivity contribution in [3.63, 3.8) is 0 Å². The van der Waals surface area contributed by atoms with Crippen molar-refractivity contribution < 1.29 is 19.1 Å². The summed E-state index contributed by atoms with van der Waals surface area (Å²) < 4.78 is 5.11. The molecule has 0 aromatic rings. The number of hydrogen-bond donors (Lipinski definition) is 1. The standard InChI is InChI=1S/C21H37N3O4/c1-4-16(11-13-28-3)20(26)22-18-8-6-7-12-24(15-18)21(27)17-9-10-19(25)23(5-2)14-17/h16-18H,4-15H2,1-3H3,(H,22,26). The van der Waals surface area contributed by atoms with Crippen LogP contribution in [0.25, 0.3) is 0 Å². The molecule has 3 amide bonds. The van der Waals surface area contributed by atoms with Gasteiger partial charge >= 0.3 is 0 Å². The fourth-order valence-corrected chi connectivity index (χ4v) is 4.24. The zero-order chi connectivity index (χ0) is 20.5. The maximum absolute atomic E-state index is 13.1. The number of carbonyl (C=O) groups is 3. The number of methoxy groups -OCH3 is 1. The largest absolute Gasteiger partial charge is 0.385 e. The minimum absolute atomic E-state index is 0.00282. The van der Waals surface area contributed by atoms with Crippen LogP contribution in [0.2, 0.25) is 0 Å². The Balaban J connectivity index is 1.94. The van der Waals surface area contributed by atoms with Crippen molar-refractivity contribution in [2.24, 2.45) is 11.8 Å². The van der Waals surface area contributed by atoms with Gasteiger partial charge in [-0.2, -0.15) is 0 Å². The fourth-order valence-electron chi connectivity index (χ4n) is 4.24. The van der Waals surface area contributed by atoms with E-state index in [1.807, 2.05) is 18.7 Å². The third kappa shape index (κ3) is 6.19. The smallest absolute Gasteiger partial charge is 0.227 e.